The number of benzene rings is 4. The lowest BCUT2D eigenvalue weighted by atomic mass is 9.95. The van der Waals surface area contributed by atoms with Crippen molar-refractivity contribution in [1.82, 2.24) is 0 Å². The highest BCUT2D eigenvalue weighted by Gasteiger charge is 2.18. The van der Waals surface area contributed by atoms with E-state index in [1.54, 1.807) is 6.07 Å². The number of rotatable bonds is 2. The molecule has 0 atom stereocenters. The zero-order valence-electron chi connectivity index (χ0n) is 14.2. The van der Waals surface area contributed by atoms with Crippen LogP contribution in [-0.2, 0) is 0 Å². The topological polar surface area (TPSA) is 13.1 Å². The maximum atomic E-state index is 6.52. The minimum atomic E-state index is 0.623. The van der Waals surface area contributed by atoms with Gasteiger partial charge in [-0.05, 0) is 35.4 Å². The first-order valence-corrected chi connectivity index (χ1v) is 9.43. The molecule has 0 amide bonds. The molecule has 27 heavy (non-hydrogen) atoms. The van der Waals surface area contributed by atoms with Crippen LogP contribution in [0.3, 0.4) is 0 Å². The van der Waals surface area contributed by atoms with Crippen LogP contribution in [0, 0.1) is 0 Å². The normalized spacial score (nSPS) is 11.3. The maximum absolute atomic E-state index is 6.52. The Labute approximate surface area is 166 Å². The lowest BCUT2D eigenvalue weighted by Crippen LogP contribution is -1.85. The highest BCUT2D eigenvalue weighted by Crippen LogP contribution is 2.43. The van der Waals surface area contributed by atoms with Gasteiger partial charge in [0.1, 0.15) is 11.2 Å². The third-order valence-electron chi connectivity index (χ3n) is 4.83. The molecule has 0 radical (unpaired) electrons. The molecule has 1 heterocycles. The third kappa shape index (κ3) is 2.71. The van der Waals surface area contributed by atoms with Crippen molar-refractivity contribution in [3.8, 4) is 22.3 Å². The highest BCUT2D eigenvalue weighted by molar-refractivity contribution is 6.37. The molecule has 0 aliphatic rings. The average Bonchev–Trinajstić information content (AvgIpc) is 3.08. The minimum Gasteiger partial charge on any atom is -0.455 e. The van der Waals surface area contributed by atoms with Gasteiger partial charge >= 0.3 is 0 Å². The predicted molar refractivity (Wildman–Crippen MR) is 115 cm³/mol. The van der Waals surface area contributed by atoms with Crippen LogP contribution in [0.5, 0.6) is 0 Å². The quantitative estimate of drug-likeness (QED) is 0.296. The first kappa shape index (κ1) is 16.4. The first-order valence-electron chi connectivity index (χ1n) is 8.67. The van der Waals surface area contributed by atoms with E-state index < -0.39 is 0 Å². The lowest BCUT2D eigenvalue weighted by molar-refractivity contribution is 0.670. The fraction of sp³-hybridized carbons (Fsp3) is 0. The van der Waals surface area contributed by atoms with Gasteiger partial charge < -0.3 is 4.42 Å². The van der Waals surface area contributed by atoms with Crippen LogP contribution in [0.25, 0.3) is 44.2 Å². The summed E-state index contributed by atoms with van der Waals surface area (Å²) < 4.78 is 6.29. The van der Waals surface area contributed by atoms with Crippen molar-refractivity contribution < 1.29 is 4.42 Å². The molecule has 0 spiro atoms. The van der Waals surface area contributed by atoms with Crippen LogP contribution in [0.4, 0.5) is 0 Å². The van der Waals surface area contributed by atoms with Gasteiger partial charge in [0, 0.05) is 31.9 Å². The van der Waals surface area contributed by atoms with Gasteiger partial charge in [-0.25, -0.2) is 0 Å². The number of furan rings is 1. The molecule has 1 nitrogen and oxygen atoms in total. The molecule has 5 aromatic rings. The summed E-state index contributed by atoms with van der Waals surface area (Å²) in [5, 5.41) is 3.39. The van der Waals surface area contributed by atoms with E-state index in [0.29, 0.717) is 10.0 Å². The Bertz CT molecular complexity index is 1290. The van der Waals surface area contributed by atoms with Gasteiger partial charge in [-0.2, -0.15) is 0 Å². The van der Waals surface area contributed by atoms with Crippen molar-refractivity contribution in [2.75, 3.05) is 0 Å². The molecule has 0 saturated heterocycles. The van der Waals surface area contributed by atoms with Crippen molar-refractivity contribution in [3.63, 3.8) is 0 Å². The Hall–Kier alpha value is -2.74. The summed E-state index contributed by atoms with van der Waals surface area (Å²) in [7, 11) is 0. The Morgan fingerprint density at radius 1 is 0.630 bits per heavy atom. The molecule has 0 bridgehead atoms. The van der Waals surface area contributed by atoms with Crippen molar-refractivity contribution in [2.45, 2.75) is 0 Å². The third-order valence-corrected chi connectivity index (χ3v) is 5.38. The van der Waals surface area contributed by atoms with Gasteiger partial charge in [0.05, 0.1) is 0 Å². The molecule has 5 rings (SSSR count). The second-order valence-corrected chi connectivity index (χ2v) is 7.30. The van der Waals surface area contributed by atoms with Crippen LogP contribution in [0.2, 0.25) is 10.0 Å². The average molecular weight is 389 g/mol. The maximum Gasteiger partial charge on any atom is 0.143 e. The van der Waals surface area contributed by atoms with E-state index in [1.165, 1.54) is 0 Å². The monoisotopic (exact) mass is 388 g/mol. The summed E-state index contributed by atoms with van der Waals surface area (Å²) in [5.41, 5.74) is 5.90. The van der Waals surface area contributed by atoms with Gasteiger partial charge in [0.25, 0.3) is 0 Å². The molecule has 0 unspecified atom stereocenters. The fourth-order valence-electron chi connectivity index (χ4n) is 3.61. The van der Waals surface area contributed by atoms with Crippen LogP contribution in [-0.4, -0.2) is 0 Å². The van der Waals surface area contributed by atoms with E-state index >= 15 is 0 Å². The van der Waals surface area contributed by atoms with E-state index in [0.717, 1.165) is 44.2 Å². The SMILES string of the molecule is Clc1ccc(-c2ccc(-c3ccccc3)c3oc4ccccc4c23)c(Cl)c1. The van der Waals surface area contributed by atoms with Gasteiger partial charge in [-0.3, -0.25) is 0 Å². The lowest BCUT2D eigenvalue weighted by Gasteiger charge is -2.10. The number of halogens is 2. The second kappa shape index (κ2) is 6.45. The van der Waals surface area contributed by atoms with Gasteiger partial charge in [0.2, 0.25) is 0 Å². The standard InChI is InChI=1S/C24H14Cl2O/c25-16-10-11-18(21(26)14-16)19-13-12-17(15-6-2-1-3-7-15)24-23(19)20-8-4-5-9-22(20)27-24/h1-14H. The molecule has 0 N–H and O–H groups in total. The largest absolute Gasteiger partial charge is 0.455 e. The van der Waals surface area contributed by atoms with E-state index in [-0.39, 0.29) is 0 Å². The fourth-order valence-corrected chi connectivity index (χ4v) is 4.12. The molecular weight excluding hydrogens is 375 g/mol. The summed E-state index contributed by atoms with van der Waals surface area (Å²) in [4.78, 5) is 0. The second-order valence-electron chi connectivity index (χ2n) is 6.45. The summed E-state index contributed by atoms with van der Waals surface area (Å²) in [6.45, 7) is 0. The molecule has 0 fully saturated rings. The van der Waals surface area contributed by atoms with E-state index in [1.807, 2.05) is 48.5 Å². The number of hydrogen-bond donors (Lipinski definition) is 0. The van der Waals surface area contributed by atoms with Crippen LogP contribution >= 0.6 is 23.2 Å². The Morgan fingerprint density at radius 3 is 2.15 bits per heavy atom. The van der Waals surface area contributed by atoms with Crippen molar-refractivity contribution in [2.24, 2.45) is 0 Å². The minimum absolute atomic E-state index is 0.623. The summed E-state index contributed by atoms with van der Waals surface area (Å²) in [6, 6.07) is 28.2. The molecular formula is C24H14Cl2O. The zero-order chi connectivity index (χ0) is 18.4. The summed E-state index contributed by atoms with van der Waals surface area (Å²) in [5.74, 6) is 0. The summed E-state index contributed by atoms with van der Waals surface area (Å²) >= 11 is 12.6. The van der Waals surface area contributed by atoms with Gasteiger partial charge in [0.15, 0.2) is 0 Å². The zero-order valence-corrected chi connectivity index (χ0v) is 15.8. The van der Waals surface area contributed by atoms with Crippen LogP contribution in [0.15, 0.2) is 89.3 Å². The first-order chi connectivity index (χ1) is 13.2. The highest BCUT2D eigenvalue weighted by atomic mass is 35.5. The van der Waals surface area contributed by atoms with Gasteiger partial charge in [-0.1, -0.05) is 83.9 Å². The van der Waals surface area contributed by atoms with Crippen molar-refractivity contribution >= 4 is 45.1 Å². The van der Waals surface area contributed by atoms with Crippen molar-refractivity contribution in [3.05, 3.63) is 95.0 Å². The van der Waals surface area contributed by atoms with Crippen LogP contribution < -0.4 is 0 Å². The van der Waals surface area contributed by atoms with E-state index in [2.05, 4.69) is 30.3 Å². The summed E-state index contributed by atoms with van der Waals surface area (Å²) in [6.07, 6.45) is 0. The Balaban J connectivity index is 1.91. The van der Waals surface area contributed by atoms with Gasteiger partial charge in [-0.15, -0.1) is 0 Å². The number of fused-ring (bicyclic) bond motifs is 3. The van der Waals surface area contributed by atoms with E-state index in [9.17, 15) is 0 Å². The van der Waals surface area contributed by atoms with Crippen LogP contribution in [0.1, 0.15) is 0 Å². The molecule has 0 aliphatic heterocycles. The molecule has 1 aromatic heterocycles. The Kier molecular flexibility index (Phi) is 3.93. The Morgan fingerprint density at radius 2 is 1.33 bits per heavy atom. The van der Waals surface area contributed by atoms with Crippen molar-refractivity contribution in [1.29, 1.82) is 0 Å². The number of hydrogen-bond acceptors (Lipinski definition) is 1. The van der Waals surface area contributed by atoms with E-state index in [4.69, 9.17) is 27.6 Å². The smallest absolute Gasteiger partial charge is 0.143 e. The number of para-hydroxylation sites is 1. The molecule has 0 aliphatic carbocycles. The molecule has 4 aromatic carbocycles. The molecule has 130 valence electrons. The molecule has 3 heteroatoms. The molecule has 0 saturated carbocycles. The predicted octanol–water partition coefficient (Wildman–Crippen LogP) is 8.23.